The van der Waals surface area contributed by atoms with Crippen molar-refractivity contribution in [1.82, 2.24) is 14.9 Å². The summed E-state index contributed by atoms with van der Waals surface area (Å²) in [5.41, 5.74) is 0.411. The lowest BCUT2D eigenvalue weighted by Crippen LogP contribution is -2.25. The minimum absolute atomic E-state index is 0.234. The van der Waals surface area contributed by atoms with Crippen molar-refractivity contribution in [3.63, 3.8) is 0 Å². The van der Waals surface area contributed by atoms with E-state index < -0.39 is 23.2 Å². The zero-order valence-corrected chi connectivity index (χ0v) is 14.5. The van der Waals surface area contributed by atoms with Crippen molar-refractivity contribution >= 4 is 35.0 Å². The highest BCUT2D eigenvalue weighted by Gasteiger charge is 2.38. The summed E-state index contributed by atoms with van der Waals surface area (Å²) in [6.45, 7) is 1.49. The highest BCUT2D eigenvalue weighted by molar-refractivity contribution is 8.00. The van der Waals surface area contributed by atoms with E-state index in [1.54, 1.807) is 12.1 Å². The van der Waals surface area contributed by atoms with Crippen LogP contribution >= 0.6 is 23.4 Å². The van der Waals surface area contributed by atoms with Crippen molar-refractivity contribution in [3.05, 3.63) is 29.0 Å². The molecule has 0 fully saturated rings. The molecule has 0 saturated heterocycles. The minimum Gasteiger partial charge on any atom is -0.495 e. The fourth-order valence-electron chi connectivity index (χ4n) is 1.75. The Bertz CT molecular complexity index is 784. The van der Waals surface area contributed by atoms with Gasteiger partial charge in [-0.05, 0) is 25.1 Å². The number of rotatable bonds is 5. The molecule has 0 aliphatic heterocycles. The molecule has 0 aliphatic carbocycles. The summed E-state index contributed by atoms with van der Waals surface area (Å²) in [5.74, 6) is 3.96. The van der Waals surface area contributed by atoms with Crippen LogP contribution in [0.15, 0.2) is 23.4 Å². The lowest BCUT2D eigenvalue weighted by molar-refractivity contribution is -0.146. The van der Waals surface area contributed by atoms with Gasteiger partial charge < -0.3 is 15.9 Å². The largest absolute Gasteiger partial charge is 0.495 e. The van der Waals surface area contributed by atoms with Gasteiger partial charge in [0.15, 0.2) is 0 Å². The number of nitrogens with two attached hydrogens (primary N) is 1. The predicted octanol–water partition coefficient (Wildman–Crippen LogP) is 2.79. The predicted molar refractivity (Wildman–Crippen MR) is 87.1 cm³/mol. The topological polar surface area (TPSA) is 95.1 Å². The Morgan fingerprint density at radius 3 is 2.64 bits per heavy atom. The number of hydrogen-bond acceptors (Lipinski definition) is 6. The first kappa shape index (κ1) is 19.2. The van der Waals surface area contributed by atoms with Gasteiger partial charge in [-0.15, -0.1) is 10.2 Å². The Balaban J connectivity index is 2.06. The lowest BCUT2D eigenvalue weighted by Gasteiger charge is -2.12. The first-order chi connectivity index (χ1) is 11.6. The van der Waals surface area contributed by atoms with Crippen LogP contribution in [0.2, 0.25) is 5.02 Å². The van der Waals surface area contributed by atoms with Crippen LogP contribution in [0.1, 0.15) is 12.7 Å². The number of amides is 1. The molecule has 0 bridgehead atoms. The van der Waals surface area contributed by atoms with Gasteiger partial charge in [-0.2, -0.15) is 13.2 Å². The second kappa shape index (κ2) is 7.40. The maximum absolute atomic E-state index is 12.6. The number of thioether (sulfide) groups is 1. The van der Waals surface area contributed by atoms with Crippen LogP contribution < -0.4 is 15.9 Å². The van der Waals surface area contributed by atoms with E-state index >= 15 is 0 Å². The summed E-state index contributed by atoms with van der Waals surface area (Å²) in [5, 5.41) is 8.23. The number of hydrogen-bond donors (Lipinski definition) is 2. The number of halogens is 4. The number of aromatic nitrogens is 3. The standard InChI is InChI=1S/C13H13ClF3N5O2S/c1-6(25-12-21-20-11(22(12)18)13(15,16)17)10(23)19-7-3-4-9(24-2)8(14)5-7/h3-6H,18H2,1-2H3,(H,19,23). The highest BCUT2D eigenvalue weighted by atomic mass is 35.5. The third-order valence-electron chi connectivity index (χ3n) is 2.99. The average Bonchev–Trinajstić information content (AvgIpc) is 2.88. The van der Waals surface area contributed by atoms with Gasteiger partial charge >= 0.3 is 6.18 Å². The van der Waals surface area contributed by atoms with Crippen LogP contribution in [0.25, 0.3) is 0 Å². The molecule has 0 spiro atoms. The van der Waals surface area contributed by atoms with Crippen molar-refractivity contribution in [2.75, 3.05) is 18.3 Å². The van der Waals surface area contributed by atoms with Gasteiger partial charge in [0, 0.05) is 5.69 Å². The molecule has 1 atom stereocenters. The van der Waals surface area contributed by atoms with Gasteiger partial charge in [0.25, 0.3) is 5.82 Å². The summed E-state index contributed by atoms with van der Waals surface area (Å²) < 4.78 is 43.2. The molecule has 7 nitrogen and oxygen atoms in total. The van der Waals surface area contributed by atoms with Crippen LogP contribution in [0, 0.1) is 0 Å². The van der Waals surface area contributed by atoms with Gasteiger partial charge in [0.2, 0.25) is 11.1 Å². The molecule has 0 radical (unpaired) electrons. The first-order valence-corrected chi connectivity index (χ1v) is 7.98. The van der Waals surface area contributed by atoms with Crippen LogP contribution in [-0.4, -0.2) is 33.1 Å². The smallest absolute Gasteiger partial charge is 0.453 e. The van der Waals surface area contributed by atoms with E-state index in [0.717, 1.165) is 11.8 Å². The van der Waals surface area contributed by atoms with Crippen molar-refractivity contribution in [2.24, 2.45) is 0 Å². The fourth-order valence-corrected chi connectivity index (χ4v) is 2.78. The maximum atomic E-state index is 12.6. The molecule has 1 aromatic heterocycles. The Morgan fingerprint density at radius 2 is 2.12 bits per heavy atom. The molecule has 3 N–H and O–H groups in total. The van der Waals surface area contributed by atoms with E-state index in [1.165, 1.54) is 20.1 Å². The number of carbonyl (C=O) groups is 1. The number of alkyl halides is 3. The van der Waals surface area contributed by atoms with Gasteiger partial charge in [0.1, 0.15) is 5.75 Å². The Labute approximate surface area is 149 Å². The number of methoxy groups -OCH3 is 1. The Morgan fingerprint density at radius 1 is 1.44 bits per heavy atom. The summed E-state index contributed by atoms with van der Waals surface area (Å²) in [7, 11) is 1.45. The lowest BCUT2D eigenvalue weighted by atomic mass is 10.3. The monoisotopic (exact) mass is 395 g/mol. The number of nitrogen functional groups attached to an aromatic ring is 1. The van der Waals surface area contributed by atoms with Crippen LogP contribution in [0.4, 0.5) is 18.9 Å². The molecule has 2 aromatic rings. The number of carbonyl (C=O) groups excluding carboxylic acids is 1. The third-order valence-corrected chi connectivity index (χ3v) is 4.34. The molecule has 0 aliphatic rings. The summed E-state index contributed by atoms with van der Waals surface area (Å²) in [6, 6.07) is 4.64. The molecule has 25 heavy (non-hydrogen) atoms. The fraction of sp³-hybridized carbons (Fsp3) is 0.308. The number of ether oxygens (including phenoxy) is 1. The van der Waals surface area contributed by atoms with E-state index in [0.29, 0.717) is 21.1 Å². The number of anilines is 1. The van der Waals surface area contributed by atoms with Crippen LogP contribution in [0.5, 0.6) is 5.75 Å². The maximum Gasteiger partial charge on any atom is 0.453 e. The van der Waals surface area contributed by atoms with Gasteiger partial charge in [-0.25, -0.2) is 4.68 Å². The van der Waals surface area contributed by atoms with Crippen molar-refractivity contribution in [3.8, 4) is 5.75 Å². The highest BCUT2D eigenvalue weighted by Crippen LogP contribution is 2.31. The molecule has 0 saturated carbocycles. The van der Waals surface area contributed by atoms with Crippen molar-refractivity contribution < 1.29 is 22.7 Å². The molecular formula is C13H13ClF3N5O2S. The van der Waals surface area contributed by atoms with E-state index in [2.05, 4.69) is 15.5 Å². The number of nitrogens with one attached hydrogen (secondary N) is 1. The second-order valence-corrected chi connectivity index (χ2v) is 6.49. The Kier molecular flexibility index (Phi) is 5.68. The average molecular weight is 396 g/mol. The minimum atomic E-state index is -4.73. The van der Waals surface area contributed by atoms with E-state index in [1.807, 2.05) is 0 Å². The summed E-state index contributed by atoms with van der Waals surface area (Å²) in [6.07, 6.45) is -4.73. The zero-order valence-electron chi connectivity index (χ0n) is 13.0. The van der Waals surface area contributed by atoms with Crippen LogP contribution in [0.3, 0.4) is 0 Å². The van der Waals surface area contributed by atoms with Crippen molar-refractivity contribution in [2.45, 2.75) is 23.5 Å². The normalized spacial score (nSPS) is 12.7. The molecular weight excluding hydrogens is 383 g/mol. The quantitative estimate of drug-likeness (QED) is 0.597. The molecule has 1 amide bonds. The Hall–Kier alpha value is -2.14. The van der Waals surface area contributed by atoms with E-state index in [4.69, 9.17) is 22.2 Å². The molecule has 136 valence electrons. The molecule has 1 heterocycles. The molecule has 1 aromatic carbocycles. The molecule has 1 unspecified atom stereocenters. The summed E-state index contributed by atoms with van der Waals surface area (Å²) in [4.78, 5) is 12.2. The SMILES string of the molecule is COc1ccc(NC(=O)C(C)Sc2nnc(C(F)(F)F)n2N)cc1Cl. The number of benzene rings is 1. The number of nitrogens with zero attached hydrogens (tertiary/aromatic N) is 3. The molecule has 2 rings (SSSR count). The molecule has 12 heteroatoms. The van der Waals surface area contributed by atoms with Gasteiger partial charge in [-0.3, -0.25) is 4.79 Å². The zero-order chi connectivity index (χ0) is 18.8. The van der Waals surface area contributed by atoms with Crippen LogP contribution in [-0.2, 0) is 11.0 Å². The van der Waals surface area contributed by atoms with E-state index in [-0.39, 0.29) is 5.16 Å². The first-order valence-electron chi connectivity index (χ1n) is 6.72. The third kappa shape index (κ3) is 4.48. The van der Waals surface area contributed by atoms with E-state index in [9.17, 15) is 18.0 Å². The van der Waals surface area contributed by atoms with Gasteiger partial charge in [-0.1, -0.05) is 23.4 Å². The van der Waals surface area contributed by atoms with Gasteiger partial charge in [0.05, 0.1) is 17.4 Å². The second-order valence-electron chi connectivity index (χ2n) is 4.77. The van der Waals surface area contributed by atoms with Crippen molar-refractivity contribution in [1.29, 1.82) is 0 Å². The summed E-state index contributed by atoms with van der Waals surface area (Å²) >= 11 is 6.70.